The molecule has 5 heteroatoms. The predicted octanol–water partition coefficient (Wildman–Crippen LogP) is -0.285. The van der Waals surface area contributed by atoms with Gasteiger partial charge in [0.05, 0.1) is 18.8 Å². The molecule has 1 aliphatic heterocycles. The maximum Gasteiger partial charge on any atom is 0.131 e. The van der Waals surface area contributed by atoms with Crippen LogP contribution in [0.15, 0.2) is 6.20 Å². The zero-order valence-electron chi connectivity index (χ0n) is 8.35. The average molecular weight is 196 g/mol. The molecule has 2 heterocycles. The van der Waals surface area contributed by atoms with E-state index in [0.29, 0.717) is 0 Å². The Morgan fingerprint density at radius 2 is 2.43 bits per heavy atom. The first-order chi connectivity index (χ1) is 6.74. The van der Waals surface area contributed by atoms with Crippen LogP contribution in [0.1, 0.15) is 18.0 Å². The first-order valence-corrected chi connectivity index (χ1v) is 4.87. The number of aromatic nitrogens is 2. The smallest absolute Gasteiger partial charge is 0.131 e. The van der Waals surface area contributed by atoms with Gasteiger partial charge in [-0.25, -0.2) is 4.68 Å². The molecule has 0 saturated heterocycles. The highest BCUT2D eigenvalue weighted by atomic mass is 16.3. The maximum absolute atomic E-state index is 9.01. The summed E-state index contributed by atoms with van der Waals surface area (Å²) in [7, 11) is 2.03. The first kappa shape index (κ1) is 9.48. The van der Waals surface area contributed by atoms with Gasteiger partial charge in [-0.15, -0.1) is 0 Å². The standard InChI is InChI=1S/C9H16N4O/c1-12-3-2-4-13-9(12)7(5-11-13)8(10)6-14/h5,8,14H,2-4,6,10H2,1H3. The molecular weight excluding hydrogens is 180 g/mol. The third-order valence-electron chi connectivity index (χ3n) is 2.66. The molecule has 3 N–H and O–H groups in total. The molecule has 0 bridgehead atoms. The largest absolute Gasteiger partial charge is 0.394 e. The molecule has 1 unspecified atom stereocenters. The fourth-order valence-corrected chi connectivity index (χ4v) is 1.90. The molecule has 0 spiro atoms. The number of nitrogens with zero attached hydrogens (tertiary/aromatic N) is 3. The number of fused-ring (bicyclic) bond motifs is 1. The summed E-state index contributed by atoms with van der Waals surface area (Å²) >= 11 is 0. The molecule has 1 atom stereocenters. The van der Waals surface area contributed by atoms with Crippen molar-refractivity contribution in [2.24, 2.45) is 5.73 Å². The molecule has 0 saturated carbocycles. The van der Waals surface area contributed by atoms with Crippen LogP contribution in [-0.4, -0.2) is 35.1 Å². The molecule has 1 aromatic rings. The van der Waals surface area contributed by atoms with Crippen molar-refractivity contribution in [1.82, 2.24) is 9.78 Å². The Balaban J connectivity index is 2.38. The van der Waals surface area contributed by atoms with Gasteiger partial charge >= 0.3 is 0 Å². The van der Waals surface area contributed by atoms with Crippen molar-refractivity contribution in [3.05, 3.63) is 11.8 Å². The van der Waals surface area contributed by atoms with Gasteiger partial charge < -0.3 is 15.7 Å². The summed E-state index contributed by atoms with van der Waals surface area (Å²) in [6, 6.07) is -0.320. The number of hydrogen-bond donors (Lipinski definition) is 2. The third kappa shape index (κ3) is 1.38. The number of hydrogen-bond acceptors (Lipinski definition) is 4. The van der Waals surface area contributed by atoms with Crippen LogP contribution in [0.25, 0.3) is 0 Å². The Morgan fingerprint density at radius 1 is 1.64 bits per heavy atom. The van der Waals surface area contributed by atoms with Crippen LogP contribution < -0.4 is 10.6 Å². The Kier molecular flexibility index (Phi) is 2.43. The number of anilines is 1. The second kappa shape index (κ2) is 3.59. The number of aliphatic hydroxyl groups excluding tert-OH is 1. The van der Waals surface area contributed by atoms with Gasteiger partial charge in [-0.05, 0) is 6.42 Å². The Morgan fingerprint density at radius 3 is 3.14 bits per heavy atom. The van der Waals surface area contributed by atoms with Gasteiger partial charge in [0.25, 0.3) is 0 Å². The SMILES string of the molecule is CN1CCCn2ncc(C(N)CO)c21. The van der Waals surface area contributed by atoms with E-state index in [1.807, 2.05) is 11.7 Å². The van der Waals surface area contributed by atoms with Gasteiger partial charge in [0, 0.05) is 25.7 Å². The van der Waals surface area contributed by atoms with Gasteiger partial charge in [-0.3, -0.25) is 0 Å². The van der Waals surface area contributed by atoms with E-state index in [1.54, 1.807) is 6.20 Å². The second-order valence-electron chi connectivity index (χ2n) is 3.71. The number of aryl methyl sites for hydroxylation is 1. The average Bonchev–Trinajstić information content (AvgIpc) is 2.62. The zero-order chi connectivity index (χ0) is 10.1. The van der Waals surface area contributed by atoms with Gasteiger partial charge in [0.2, 0.25) is 0 Å². The lowest BCUT2D eigenvalue weighted by atomic mass is 10.1. The van der Waals surface area contributed by atoms with E-state index in [9.17, 15) is 0 Å². The maximum atomic E-state index is 9.01. The molecule has 0 radical (unpaired) electrons. The number of aliphatic hydroxyl groups is 1. The van der Waals surface area contributed by atoms with Crippen LogP contribution in [-0.2, 0) is 6.54 Å². The fourth-order valence-electron chi connectivity index (χ4n) is 1.90. The van der Waals surface area contributed by atoms with E-state index in [-0.39, 0.29) is 12.6 Å². The number of rotatable bonds is 2. The summed E-state index contributed by atoms with van der Waals surface area (Å²) in [5.41, 5.74) is 6.73. The fraction of sp³-hybridized carbons (Fsp3) is 0.667. The Hall–Kier alpha value is -1.07. The van der Waals surface area contributed by atoms with Crippen LogP contribution >= 0.6 is 0 Å². The minimum Gasteiger partial charge on any atom is -0.394 e. The summed E-state index contributed by atoms with van der Waals surface area (Å²) < 4.78 is 1.95. The molecule has 0 aromatic carbocycles. The third-order valence-corrected chi connectivity index (χ3v) is 2.66. The van der Waals surface area contributed by atoms with Gasteiger partial charge in [-0.1, -0.05) is 0 Å². The van der Waals surface area contributed by atoms with E-state index in [1.165, 1.54) is 0 Å². The topological polar surface area (TPSA) is 67.3 Å². The second-order valence-corrected chi connectivity index (χ2v) is 3.71. The van der Waals surface area contributed by atoms with Gasteiger partial charge in [0.15, 0.2) is 0 Å². The summed E-state index contributed by atoms with van der Waals surface area (Å²) in [6.07, 6.45) is 2.87. The van der Waals surface area contributed by atoms with E-state index in [2.05, 4.69) is 10.00 Å². The van der Waals surface area contributed by atoms with Crippen LogP contribution in [0.4, 0.5) is 5.82 Å². The van der Waals surface area contributed by atoms with Crippen molar-refractivity contribution in [3.63, 3.8) is 0 Å². The van der Waals surface area contributed by atoms with E-state index in [0.717, 1.165) is 30.9 Å². The Labute approximate surface area is 83.1 Å². The minimum atomic E-state index is -0.320. The van der Waals surface area contributed by atoms with Gasteiger partial charge in [-0.2, -0.15) is 5.10 Å². The molecular formula is C9H16N4O. The van der Waals surface area contributed by atoms with Crippen LogP contribution in [0.5, 0.6) is 0 Å². The summed E-state index contributed by atoms with van der Waals surface area (Å²) in [5, 5.41) is 13.3. The normalized spacial score (nSPS) is 18.1. The van der Waals surface area contributed by atoms with Crippen LogP contribution in [0.3, 0.4) is 0 Å². The van der Waals surface area contributed by atoms with E-state index in [4.69, 9.17) is 10.8 Å². The van der Waals surface area contributed by atoms with Crippen LogP contribution in [0, 0.1) is 0 Å². The van der Waals surface area contributed by atoms with Crippen LogP contribution in [0.2, 0.25) is 0 Å². The van der Waals surface area contributed by atoms with E-state index >= 15 is 0 Å². The summed E-state index contributed by atoms with van der Waals surface area (Å²) in [6.45, 7) is 1.93. The molecule has 0 aliphatic carbocycles. The Bertz CT molecular complexity index is 323. The zero-order valence-corrected chi connectivity index (χ0v) is 8.35. The summed E-state index contributed by atoms with van der Waals surface area (Å²) in [4.78, 5) is 2.14. The molecule has 1 aromatic heterocycles. The summed E-state index contributed by atoms with van der Waals surface area (Å²) in [5.74, 6) is 1.05. The molecule has 0 fully saturated rings. The molecule has 14 heavy (non-hydrogen) atoms. The quantitative estimate of drug-likeness (QED) is 0.682. The first-order valence-electron chi connectivity index (χ1n) is 4.87. The monoisotopic (exact) mass is 196 g/mol. The van der Waals surface area contributed by atoms with Crippen molar-refractivity contribution in [2.75, 3.05) is 25.1 Å². The molecule has 0 amide bonds. The lowest BCUT2D eigenvalue weighted by molar-refractivity contribution is 0.268. The lowest BCUT2D eigenvalue weighted by Crippen LogP contribution is -2.30. The highest BCUT2D eigenvalue weighted by Gasteiger charge is 2.21. The highest BCUT2D eigenvalue weighted by Crippen LogP contribution is 2.27. The lowest BCUT2D eigenvalue weighted by Gasteiger charge is -2.27. The molecule has 1 aliphatic rings. The highest BCUT2D eigenvalue weighted by molar-refractivity contribution is 5.49. The number of nitrogens with two attached hydrogens (primary N) is 1. The molecule has 2 rings (SSSR count). The predicted molar refractivity (Wildman–Crippen MR) is 54.1 cm³/mol. The van der Waals surface area contributed by atoms with Crippen molar-refractivity contribution < 1.29 is 5.11 Å². The van der Waals surface area contributed by atoms with Crippen molar-refractivity contribution in [1.29, 1.82) is 0 Å². The molecule has 78 valence electrons. The van der Waals surface area contributed by atoms with Gasteiger partial charge in [0.1, 0.15) is 5.82 Å². The van der Waals surface area contributed by atoms with E-state index < -0.39 is 0 Å². The van der Waals surface area contributed by atoms with Crippen molar-refractivity contribution in [2.45, 2.75) is 19.0 Å². The molecule has 5 nitrogen and oxygen atoms in total. The van der Waals surface area contributed by atoms with Crippen molar-refractivity contribution in [3.8, 4) is 0 Å². The minimum absolute atomic E-state index is 0.0352. The van der Waals surface area contributed by atoms with Crippen molar-refractivity contribution >= 4 is 5.82 Å².